The second-order valence-electron chi connectivity index (χ2n) is 6.79. The Bertz CT molecular complexity index is 817. The lowest BCUT2D eigenvalue weighted by atomic mass is 10.1. The zero-order chi connectivity index (χ0) is 19.4. The Kier molecular flexibility index (Phi) is 6.94. The maximum absolute atomic E-state index is 12.8. The molecule has 148 valence electrons. The van der Waals surface area contributed by atoms with E-state index in [-0.39, 0.29) is 17.0 Å². The van der Waals surface area contributed by atoms with Gasteiger partial charge < -0.3 is 4.90 Å². The standard InChI is InChI=1S/C19H26ClN3O2S2/c1-3-22-10-12-23(13-11-22)19(18-5-4-14-26-18)15(2)21-27(24,25)17-8-6-16(20)7-9-17/h4-9,14-15,19,21H,3,10-13H2,1-2H3/t15-,19+/m1/s1. The third kappa shape index (κ3) is 5.10. The summed E-state index contributed by atoms with van der Waals surface area (Å²) in [4.78, 5) is 6.24. The lowest BCUT2D eigenvalue weighted by Gasteiger charge is -2.41. The first-order valence-electron chi connectivity index (χ1n) is 9.18. The summed E-state index contributed by atoms with van der Waals surface area (Å²) in [6.07, 6.45) is 0. The summed E-state index contributed by atoms with van der Waals surface area (Å²) in [5.74, 6) is 0. The zero-order valence-corrected chi connectivity index (χ0v) is 18.0. The maximum Gasteiger partial charge on any atom is 0.240 e. The molecule has 3 rings (SSSR count). The second kappa shape index (κ2) is 9.03. The molecule has 2 aromatic rings. The molecule has 5 nitrogen and oxygen atoms in total. The fourth-order valence-corrected chi connectivity index (χ4v) is 5.89. The molecule has 1 aromatic carbocycles. The van der Waals surface area contributed by atoms with E-state index in [4.69, 9.17) is 11.6 Å². The van der Waals surface area contributed by atoms with Gasteiger partial charge in [-0.3, -0.25) is 4.90 Å². The summed E-state index contributed by atoms with van der Waals surface area (Å²) >= 11 is 7.56. The van der Waals surface area contributed by atoms with E-state index in [2.05, 4.69) is 27.5 Å². The van der Waals surface area contributed by atoms with Gasteiger partial charge in [-0.2, -0.15) is 0 Å². The molecule has 1 fully saturated rings. The largest absolute Gasteiger partial charge is 0.301 e. The lowest BCUT2D eigenvalue weighted by molar-refractivity contribution is 0.0888. The van der Waals surface area contributed by atoms with Crippen molar-refractivity contribution in [2.24, 2.45) is 0 Å². The normalized spacial score (nSPS) is 19.1. The minimum atomic E-state index is -3.61. The minimum Gasteiger partial charge on any atom is -0.301 e. The predicted molar refractivity (Wildman–Crippen MR) is 112 cm³/mol. The highest BCUT2D eigenvalue weighted by molar-refractivity contribution is 7.89. The van der Waals surface area contributed by atoms with E-state index in [1.165, 1.54) is 17.0 Å². The molecule has 2 atom stereocenters. The summed E-state index contributed by atoms with van der Waals surface area (Å²) in [6.45, 7) is 9.06. The van der Waals surface area contributed by atoms with Crippen LogP contribution in [0.2, 0.25) is 5.02 Å². The van der Waals surface area contributed by atoms with Gasteiger partial charge in [0, 0.05) is 42.1 Å². The van der Waals surface area contributed by atoms with Gasteiger partial charge in [-0.25, -0.2) is 13.1 Å². The number of hydrogen-bond acceptors (Lipinski definition) is 5. The number of likely N-dealkylation sites (N-methyl/N-ethyl adjacent to an activating group) is 1. The molecule has 1 aliphatic heterocycles. The summed E-state index contributed by atoms with van der Waals surface area (Å²) in [5.41, 5.74) is 0. The van der Waals surface area contributed by atoms with Crippen LogP contribution in [0.1, 0.15) is 24.8 Å². The minimum absolute atomic E-state index is 0.0195. The second-order valence-corrected chi connectivity index (χ2v) is 9.92. The molecule has 0 spiro atoms. The number of benzene rings is 1. The molecule has 1 saturated heterocycles. The highest BCUT2D eigenvalue weighted by Crippen LogP contribution is 2.30. The third-order valence-corrected chi connectivity index (χ3v) is 7.79. The number of nitrogens with zero attached hydrogens (tertiary/aromatic N) is 2. The van der Waals surface area contributed by atoms with Crippen molar-refractivity contribution in [2.75, 3.05) is 32.7 Å². The molecule has 8 heteroatoms. The van der Waals surface area contributed by atoms with Crippen molar-refractivity contribution in [1.82, 2.24) is 14.5 Å². The summed E-state index contributed by atoms with van der Waals surface area (Å²) < 4.78 is 28.5. The Balaban J connectivity index is 1.79. The van der Waals surface area contributed by atoms with Gasteiger partial charge in [0.05, 0.1) is 10.9 Å². The molecule has 27 heavy (non-hydrogen) atoms. The number of piperazine rings is 1. The Morgan fingerprint density at radius 3 is 2.37 bits per heavy atom. The van der Waals surface area contributed by atoms with Gasteiger partial charge in [0.15, 0.2) is 0 Å². The average Bonchev–Trinajstić information content (AvgIpc) is 3.16. The Morgan fingerprint density at radius 2 is 1.81 bits per heavy atom. The van der Waals surface area contributed by atoms with Gasteiger partial charge in [-0.1, -0.05) is 24.6 Å². The van der Waals surface area contributed by atoms with Gasteiger partial charge in [-0.05, 0) is 49.2 Å². The van der Waals surface area contributed by atoms with Crippen LogP contribution in [0.3, 0.4) is 0 Å². The van der Waals surface area contributed by atoms with Crippen molar-refractivity contribution in [3.05, 3.63) is 51.7 Å². The van der Waals surface area contributed by atoms with E-state index in [0.717, 1.165) is 32.7 Å². The fraction of sp³-hybridized carbons (Fsp3) is 0.474. The lowest BCUT2D eigenvalue weighted by Crippen LogP contribution is -2.52. The molecular weight excluding hydrogens is 402 g/mol. The van der Waals surface area contributed by atoms with Crippen LogP contribution in [0.15, 0.2) is 46.7 Å². The highest BCUT2D eigenvalue weighted by atomic mass is 35.5. The van der Waals surface area contributed by atoms with Crippen LogP contribution >= 0.6 is 22.9 Å². The van der Waals surface area contributed by atoms with Crippen molar-refractivity contribution in [1.29, 1.82) is 0 Å². The number of halogens is 1. The average molecular weight is 428 g/mol. The summed E-state index contributed by atoms with van der Waals surface area (Å²) in [5, 5.41) is 2.57. The molecule has 1 N–H and O–H groups in total. The summed E-state index contributed by atoms with van der Waals surface area (Å²) in [6, 6.07) is 10.2. The number of rotatable bonds is 7. The van der Waals surface area contributed by atoms with E-state index in [1.807, 2.05) is 18.4 Å². The molecule has 0 amide bonds. The van der Waals surface area contributed by atoms with Gasteiger partial charge >= 0.3 is 0 Å². The first-order valence-corrected chi connectivity index (χ1v) is 11.9. The predicted octanol–water partition coefficient (Wildman–Crippen LogP) is 3.45. The topological polar surface area (TPSA) is 52.6 Å². The van der Waals surface area contributed by atoms with Crippen LogP contribution in [0.4, 0.5) is 0 Å². The van der Waals surface area contributed by atoms with Crippen LogP contribution < -0.4 is 4.72 Å². The van der Waals surface area contributed by atoms with Gasteiger partial charge in [0.2, 0.25) is 10.0 Å². The number of thiophene rings is 1. The molecule has 0 saturated carbocycles. The van der Waals surface area contributed by atoms with Crippen molar-refractivity contribution in [3.8, 4) is 0 Å². The zero-order valence-electron chi connectivity index (χ0n) is 15.6. The van der Waals surface area contributed by atoms with Crippen LogP contribution in [0.25, 0.3) is 0 Å². The number of hydrogen-bond donors (Lipinski definition) is 1. The SMILES string of the molecule is CCN1CCN([C@H](c2cccs2)[C@@H](C)NS(=O)(=O)c2ccc(Cl)cc2)CC1. The Morgan fingerprint density at radius 1 is 1.15 bits per heavy atom. The Labute approximate surface area is 171 Å². The molecule has 1 aliphatic rings. The van der Waals surface area contributed by atoms with E-state index < -0.39 is 10.0 Å². The molecule has 0 unspecified atom stereocenters. The van der Waals surface area contributed by atoms with Crippen molar-refractivity contribution < 1.29 is 8.42 Å². The highest BCUT2D eigenvalue weighted by Gasteiger charge is 2.32. The first-order chi connectivity index (χ1) is 12.9. The van der Waals surface area contributed by atoms with Crippen molar-refractivity contribution in [2.45, 2.75) is 30.8 Å². The third-order valence-electron chi connectivity index (χ3n) is 5.02. The smallest absolute Gasteiger partial charge is 0.240 e. The first kappa shape index (κ1) is 20.8. The van der Waals surface area contributed by atoms with Crippen molar-refractivity contribution >= 4 is 33.0 Å². The van der Waals surface area contributed by atoms with E-state index in [0.29, 0.717) is 5.02 Å². The summed E-state index contributed by atoms with van der Waals surface area (Å²) in [7, 11) is -3.61. The number of sulfonamides is 1. The van der Waals surface area contributed by atoms with Crippen LogP contribution in [0, 0.1) is 0 Å². The quantitative estimate of drug-likeness (QED) is 0.735. The maximum atomic E-state index is 12.8. The molecule has 1 aromatic heterocycles. The fourth-order valence-electron chi connectivity index (χ4n) is 3.55. The Hall–Kier alpha value is -0.960. The van der Waals surface area contributed by atoms with E-state index in [9.17, 15) is 8.42 Å². The van der Waals surface area contributed by atoms with Crippen LogP contribution in [-0.4, -0.2) is 57.0 Å². The number of nitrogens with one attached hydrogen (secondary N) is 1. The molecule has 0 radical (unpaired) electrons. The molecule has 0 aliphatic carbocycles. The molecule has 0 bridgehead atoms. The van der Waals surface area contributed by atoms with Crippen molar-refractivity contribution in [3.63, 3.8) is 0 Å². The van der Waals surface area contributed by atoms with E-state index >= 15 is 0 Å². The molecule has 2 heterocycles. The van der Waals surface area contributed by atoms with Gasteiger partial charge in [0.1, 0.15) is 0 Å². The van der Waals surface area contributed by atoms with E-state index in [1.54, 1.807) is 23.5 Å². The van der Waals surface area contributed by atoms with Crippen LogP contribution in [-0.2, 0) is 10.0 Å². The molecular formula is C19H26ClN3O2S2. The monoisotopic (exact) mass is 427 g/mol. The van der Waals surface area contributed by atoms with Gasteiger partial charge in [0.25, 0.3) is 0 Å². The van der Waals surface area contributed by atoms with Crippen LogP contribution in [0.5, 0.6) is 0 Å². The van der Waals surface area contributed by atoms with Gasteiger partial charge in [-0.15, -0.1) is 11.3 Å².